The average Bonchev–Trinajstić information content (AvgIpc) is 2.65. The lowest BCUT2D eigenvalue weighted by molar-refractivity contribution is -0.143. The van der Waals surface area contributed by atoms with E-state index in [1.165, 1.54) is 12.7 Å². The Morgan fingerprint density at radius 3 is 2.21 bits per heavy atom. The van der Waals surface area contributed by atoms with E-state index in [-0.39, 0.29) is 17.8 Å². The maximum atomic E-state index is 12.2. The summed E-state index contributed by atoms with van der Waals surface area (Å²) in [5.41, 5.74) is 3.19. The van der Waals surface area contributed by atoms with Gasteiger partial charge in [0.05, 0.1) is 19.6 Å². The molecule has 0 bridgehead atoms. The van der Waals surface area contributed by atoms with Crippen LogP contribution < -0.4 is 0 Å². The van der Waals surface area contributed by atoms with Crippen molar-refractivity contribution in [3.05, 3.63) is 71.8 Å². The number of benzene rings is 2. The fourth-order valence-electron chi connectivity index (χ4n) is 2.76. The summed E-state index contributed by atoms with van der Waals surface area (Å²) in [6.07, 6.45) is 0.695. The van der Waals surface area contributed by atoms with Crippen LogP contribution in [0.25, 0.3) is 0 Å². The van der Waals surface area contributed by atoms with E-state index in [4.69, 9.17) is 4.74 Å². The van der Waals surface area contributed by atoms with Crippen molar-refractivity contribution >= 4 is 11.7 Å². The Morgan fingerprint density at radius 2 is 1.62 bits per heavy atom. The highest BCUT2D eigenvalue weighted by molar-refractivity contribution is 6.00. The van der Waals surface area contributed by atoms with Crippen molar-refractivity contribution in [2.75, 3.05) is 7.11 Å². The minimum atomic E-state index is -0.311. The molecule has 0 heterocycles. The molecular weight excluding hydrogens is 298 g/mol. The third kappa shape index (κ3) is 5.05. The highest BCUT2D eigenvalue weighted by Gasteiger charge is 2.25. The van der Waals surface area contributed by atoms with E-state index in [0.717, 1.165) is 11.3 Å². The highest BCUT2D eigenvalue weighted by Crippen LogP contribution is 2.25. The van der Waals surface area contributed by atoms with E-state index in [1.807, 2.05) is 55.5 Å². The maximum Gasteiger partial charge on any atom is 0.314 e. The summed E-state index contributed by atoms with van der Waals surface area (Å²) in [5.74, 6) is -0.266. The van der Waals surface area contributed by atoms with E-state index in [9.17, 15) is 4.79 Å². The van der Waals surface area contributed by atoms with E-state index in [0.29, 0.717) is 13.0 Å². The molecule has 0 amide bonds. The summed E-state index contributed by atoms with van der Waals surface area (Å²) in [4.78, 5) is 16.9. The van der Waals surface area contributed by atoms with Gasteiger partial charge in [0.15, 0.2) is 0 Å². The van der Waals surface area contributed by atoms with Gasteiger partial charge in [-0.15, -0.1) is 0 Å². The van der Waals surface area contributed by atoms with Gasteiger partial charge in [0.2, 0.25) is 0 Å². The lowest BCUT2D eigenvalue weighted by Crippen LogP contribution is -2.25. The zero-order valence-electron chi connectivity index (χ0n) is 14.6. The second kappa shape index (κ2) is 9.02. The lowest BCUT2D eigenvalue weighted by atomic mass is 9.88. The smallest absolute Gasteiger partial charge is 0.314 e. The molecule has 24 heavy (non-hydrogen) atoms. The van der Waals surface area contributed by atoms with Crippen LogP contribution in [0.3, 0.4) is 0 Å². The summed E-state index contributed by atoms with van der Waals surface area (Å²) in [5, 5.41) is 0. The maximum absolute atomic E-state index is 12.2. The van der Waals surface area contributed by atoms with Gasteiger partial charge in [-0.05, 0) is 30.4 Å². The summed E-state index contributed by atoms with van der Waals surface area (Å²) >= 11 is 0. The Kier molecular flexibility index (Phi) is 6.74. The molecule has 0 fully saturated rings. The quantitative estimate of drug-likeness (QED) is 0.550. The van der Waals surface area contributed by atoms with Gasteiger partial charge in [-0.1, -0.05) is 67.6 Å². The number of hydrogen-bond acceptors (Lipinski definition) is 3. The molecule has 0 saturated heterocycles. The standard InChI is InChI=1S/C21H25NO2/c1-16(19-12-8-5-9-13-19)14-20(21(23)24-3)17(2)22-15-18-10-6-4-7-11-18/h4-13,16,20H,14-15H2,1-3H3/t16-,20?/m0/s1. The van der Waals surface area contributed by atoms with Crippen LogP contribution in [-0.4, -0.2) is 18.8 Å². The van der Waals surface area contributed by atoms with Gasteiger partial charge in [0.1, 0.15) is 0 Å². The Bertz CT molecular complexity index is 665. The molecule has 0 radical (unpaired) electrons. The topological polar surface area (TPSA) is 38.7 Å². The summed E-state index contributed by atoms with van der Waals surface area (Å²) in [6, 6.07) is 20.3. The molecule has 0 spiro atoms. The zero-order chi connectivity index (χ0) is 17.4. The molecule has 0 saturated carbocycles. The first kappa shape index (κ1) is 17.9. The van der Waals surface area contributed by atoms with Crippen LogP contribution in [-0.2, 0) is 16.1 Å². The molecule has 0 N–H and O–H groups in total. The molecule has 0 aliphatic heterocycles. The SMILES string of the molecule is COC(=O)C(C[C@H](C)c1ccccc1)C(C)=NCc1ccccc1. The van der Waals surface area contributed by atoms with Crippen molar-refractivity contribution < 1.29 is 9.53 Å². The number of ether oxygens (including phenoxy) is 1. The van der Waals surface area contributed by atoms with Crippen LogP contribution in [0.15, 0.2) is 65.7 Å². The number of aliphatic imine (C=N–C) groups is 1. The third-order valence-electron chi connectivity index (χ3n) is 4.30. The van der Waals surface area contributed by atoms with Crippen molar-refractivity contribution in [3.8, 4) is 0 Å². The Balaban J connectivity index is 2.11. The van der Waals surface area contributed by atoms with Crippen molar-refractivity contribution in [3.63, 3.8) is 0 Å². The predicted octanol–water partition coefficient (Wildman–Crippen LogP) is 4.63. The summed E-state index contributed by atoms with van der Waals surface area (Å²) in [7, 11) is 1.44. The minimum absolute atomic E-state index is 0.216. The first-order valence-electron chi connectivity index (χ1n) is 8.29. The van der Waals surface area contributed by atoms with Gasteiger partial charge in [-0.2, -0.15) is 0 Å². The van der Waals surface area contributed by atoms with Gasteiger partial charge in [0.25, 0.3) is 0 Å². The van der Waals surface area contributed by atoms with Crippen molar-refractivity contribution in [2.24, 2.45) is 10.9 Å². The van der Waals surface area contributed by atoms with Crippen LogP contribution in [0, 0.1) is 5.92 Å². The Labute approximate surface area is 144 Å². The monoisotopic (exact) mass is 323 g/mol. The Hall–Kier alpha value is -2.42. The molecule has 2 aromatic carbocycles. The number of nitrogens with zero attached hydrogens (tertiary/aromatic N) is 1. The van der Waals surface area contributed by atoms with Crippen LogP contribution in [0.1, 0.15) is 37.3 Å². The van der Waals surface area contributed by atoms with Crippen LogP contribution in [0.5, 0.6) is 0 Å². The molecule has 3 heteroatoms. The molecule has 0 aliphatic carbocycles. The first-order chi connectivity index (χ1) is 11.6. The van der Waals surface area contributed by atoms with Gasteiger partial charge >= 0.3 is 5.97 Å². The first-order valence-corrected chi connectivity index (χ1v) is 8.29. The Morgan fingerprint density at radius 1 is 1.04 bits per heavy atom. The highest BCUT2D eigenvalue weighted by atomic mass is 16.5. The van der Waals surface area contributed by atoms with Crippen LogP contribution >= 0.6 is 0 Å². The van der Waals surface area contributed by atoms with Gasteiger partial charge in [0, 0.05) is 5.71 Å². The molecule has 0 aromatic heterocycles. The predicted molar refractivity (Wildman–Crippen MR) is 98.2 cm³/mol. The van der Waals surface area contributed by atoms with Crippen LogP contribution in [0.2, 0.25) is 0 Å². The third-order valence-corrected chi connectivity index (χ3v) is 4.30. The fraction of sp³-hybridized carbons (Fsp3) is 0.333. The average molecular weight is 323 g/mol. The second-order valence-electron chi connectivity index (χ2n) is 6.07. The number of esters is 1. The van der Waals surface area contributed by atoms with Gasteiger partial charge in [-0.25, -0.2) is 0 Å². The molecule has 1 unspecified atom stereocenters. The van der Waals surface area contributed by atoms with Crippen molar-refractivity contribution in [2.45, 2.75) is 32.7 Å². The molecule has 126 valence electrons. The number of rotatable bonds is 7. The van der Waals surface area contributed by atoms with Gasteiger partial charge in [-0.3, -0.25) is 9.79 Å². The van der Waals surface area contributed by atoms with E-state index < -0.39 is 0 Å². The van der Waals surface area contributed by atoms with E-state index in [2.05, 4.69) is 24.0 Å². The molecule has 0 aliphatic rings. The second-order valence-corrected chi connectivity index (χ2v) is 6.07. The largest absolute Gasteiger partial charge is 0.469 e. The van der Waals surface area contributed by atoms with E-state index >= 15 is 0 Å². The van der Waals surface area contributed by atoms with E-state index in [1.54, 1.807) is 0 Å². The number of carbonyl (C=O) groups is 1. The summed E-state index contributed by atoms with van der Waals surface area (Å²) in [6.45, 7) is 4.64. The van der Waals surface area contributed by atoms with Gasteiger partial charge < -0.3 is 4.74 Å². The summed E-state index contributed by atoms with van der Waals surface area (Å²) < 4.78 is 5.00. The molecule has 2 aromatic rings. The fourth-order valence-corrected chi connectivity index (χ4v) is 2.76. The molecule has 2 rings (SSSR count). The minimum Gasteiger partial charge on any atom is -0.469 e. The van der Waals surface area contributed by atoms with Crippen LogP contribution in [0.4, 0.5) is 0 Å². The zero-order valence-corrected chi connectivity index (χ0v) is 14.6. The van der Waals surface area contributed by atoms with Crippen molar-refractivity contribution in [1.29, 1.82) is 0 Å². The normalized spacial score (nSPS) is 14.0. The number of hydrogen-bond donors (Lipinski definition) is 0. The lowest BCUT2D eigenvalue weighted by Gasteiger charge is -2.19. The number of methoxy groups -OCH3 is 1. The van der Waals surface area contributed by atoms with Crippen molar-refractivity contribution in [1.82, 2.24) is 0 Å². The molecule has 2 atom stereocenters. The molecule has 3 nitrogen and oxygen atoms in total. The molecular formula is C21H25NO2. The number of carbonyl (C=O) groups excluding carboxylic acids is 1.